The van der Waals surface area contributed by atoms with E-state index in [9.17, 15) is 10.1 Å². The molecule has 144 valence electrons. The van der Waals surface area contributed by atoms with Gasteiger partial charge in [0.15, 0.2) is 5.75 Å². The van der Waals surface area contributed by atoms with E-state index in [4.69, 9.17) is 25.8 Å². The van der Waals surface area contributed by atoms with Crippen molar-refractivity contribution in [1.82, 2.24) is 4.90 Å². The van der Waals surface area contributed by atoms with Crippen molar-refractivity contribution in [3.63, 3.8) is 0 Å². The molecule has 1 atom stereocenters. The molecule has 0 saturated carbocycles. The second-order valence-corrected chi connectivity index (χ2v) is 6.63. The molecule has 7 nitrogen and oxygen atoms in total. The molecule has 0 spiro atoms. The summed E-state index contributed by atoms with van der Waals surface area (Å²) in [5.41, 5.74) is 0.935. The van der Waals surface area contributed by atoms with Gasteiger partial charge in [-0.1, -0.05) is 29.8 Å². The van der Waals surface area contributed by atoms with Gasteiger partial charge in [-0.25, -0.2) is 0 Å². The zero-order valence-electron chi connectivity index (χ0n) is 15.0. The predicted octanol–water partition coefficient (Wildman–Crippen LogP) is 3.54. The van der Waals surface area contributed by atoms with Crippen LogP contribution < -0.4 is 9.47 Å². The molecule has 1 aliphatic heterocycles. The normalized spacial score (nSPS) is 17.5. The number of halogens is 1. The summed E-state index contributed by atoms with van der Waals surface area (Å²) in [6, 6.07) is 12.3. The molecule has 8 heteroatoms. The van der Waals surface area contributed by atoms with E-state index < -0.39 is 4.92 Å². The summed E-state index contributed by atoms with van der Waals surface area (Å²) in [7, 11) is 1.46. The number of nitro benzene ring substituents is 1. The molecular formula is C19H21ClN2O5. The molecule has 2 aromatic carbocycles. The highest BCUT2D eigenvalue weighted by Gasteiger charge is 2.23. The highest BCUT2D eigenvalue weighted by molar-refractivity contribution is 6.31. The van der Waals surface area contributed by atoms with Gasteiger partial charge in [-0.2, -0.15) is 0 Å². The van der Waals surface area contributed by atoms with Crippen molar-refractivity contribution < 1.29 is 19.1 Å². The minimum Gasteiger partial charge on any atom is -0.496 e. The second-order valence-electron chi connectivity index (χ2n) is 6.22. The van der Waals surface area contributed by atoms with Crippen LogP contribution in [0.5, 0.6) is 11.5 Å². The molecule has 1 saturated heterocycles. The quantitative estimate of drug-likeness (QED) is 0.530. The molecule has 0 unspecified atom stereocenters. The second kappa shape index (κ2) is 9.03. The van der Waals surface area contributed by atoms with Gasteiger partial charge in [0.25, 0.3) is 0 Å². The van der Waals surface area contributed by atoms with Gasteiger partial charge in [0.05, 0.1) is 24.7 Å². The van der Waals surface area contributed by atoms with E-state index >= 15 is 0 Å². The Bertz CT molecular complexity index is 801. The van der Waals surface area contributed by atoms with Crippen molar-refractivity contribution in [2.75, 3.05) is 33.4 Å². The van der Waals surface area contributed by atoms with Crippen molar-refractivity contribution in [1.29, 1.82) is 0 Å². The fourth-order valence-electron chi connectivity index (χ4n) is 2.96. The monoisotopic (exact) mass is 392 g/mol. The first kappa shape index (κ1) is 19.4. The molecule has 0 aliphatic carbocycles. The third-order valence-corrected chi connectivity index (χ3v) is 4.73. The molecule has 0 aromatic heterocycles. The fraction of sp³-hybridized carbons (Fsp3) is 0.368. The average molecular weight is 393 g/mol. The number of hydrogen-bond donors (Lipinski definition) is 0. The van der Waals surface area contributed by atoms with Gasteiger partial charge in [0, 0.05) is 24.7 Å². The van der Waals surface area contributed by atoms with Gasteiger partial charge in [0.1, 0.15) is 18.5 Å². The molecule has 0 bridgehead atoms. The van der Waals surface area contributed by atoms with Gasteiger partial charge < -0.3 is 14.2 Å². The Hall–Kier alpha value is -2.35. The highest BCUT2D eigenvalue weighted by Crippen LogP contribution is 2.31. The topological polar surface area (TPSA) is 74.1 Å². The zero-order valence-corrected chi connectivity index (χ0v) is 15.7. The zero-order chi connectivity index (χ0) is 19.2. The van der Waals surface area contributed by atoms with Gasteiger partial charge >= 0.3 is 5.69 Å². The van der Waals surface area contributed by atoms with E-state index in [1.807, 2.05) is 24.3 Å². The predicted molar refractivity (Wildman–Crippen MR) is 102 cm³/mol. The molecule has 1 heterocycles. The number of morpholine rings is 1. The number of ether oxygens (including phenoxy) is 3. The van der Waals surface area contributed by atoms with Crippen LogP contribution in [0.15, 0.2) is 42.5 Å². The molecule has 27 heavy (non-hydrogen) atoms. The molecule has 1 fully saturated rings. The maximum absolute atomic E-state index is 11.2. The van der Waals surface area contributed by atoms with E-state index in [1.54, 1.807) is 12.1 Å². The summed E-state index contributed by atoms with van der Waals surface area (Å²) in [5.74, 6) is 0.613. The van der Waals surface area contributed by atoms with Crippen LogP contribution in [-0.4, -0.2) is 49.3 Å². The maximum Gasteiger partial charge on any atom is 0.314 e. The van der Waals surface area contributed by atoms with Crippen LogP contribution in [0.2, 0.25) is 5.02 Å². The van der Waals surface area contributed by atoms with E-state index in [1.165, 1.54) is 13.2 Å². The Morgan fingerprint density at radius 3 is 2.89 bits per heavy atom. The van der Waals surface area contributed by atoms with Crippen LogP contribution in [0.25, 0.3) is 0 Å². The van der Waals surface area contributed by atoms with Gasteiger partial charge in [0.2, 0.25) is 0 Å². The van der Waals surface area contributed by atoms with Crippen LogP contribution >= 0.6 is 11.6 Å². The number of rotatable bonds is 7. The van der Waals surface area contributed by atoms with Gasteiger partial charge in [-0.3, -0.25) is 15.0 Å². The number of methoxy groups -OCH3 is 1. The Balaban J connectivity index is 1.60. The van der Waals surface area contributed by atoms with Gasteiger partial charge in [-0.05, 0) is 23.8 Å². The molecule has 0 radical (unpaired) electrons. The lowest BCUT2D eigenvalue weighted by Crippen LogP contribution is -2.44. The van der Waals surface area contributed by atoms with Crippen LogP contribution in [0.3, 0.4) is 0 Å². The summed E-state index contributed by atoms with van der Waals surface area (Å²) in [4.78, 5) is 13.0. The number of hydrogen-bond acceptors (Lipinski definition) is 6. The first-order valence-electron chi connectivity index (χ1n) is 8.59. The minimum absolute atomic E-state index is 0.127. The van der Waals surface area contributed by atoms with E-state index in [2.05, 4.69) is 4.90 Å². The Morgan fingerprint density at radius 2 is 2.15 bits per heavy atom. The SMILES string of the molecule is COc1ccc(OC[C@H]2CN(Cc3ccccc3Cl)CCO2)c([N+](=O)[O-])c1. The Morgan fingerprint density at radius 1 is 1.33 bits per heavy atom. The molecule has 0 N–H and O–H groups in total. The standard InChI is InChI=1S/C19H21ClN2O5/c1-25-15-6-7-19(18(10-15)22(23)24)27-13-16-12-21(8-9-26-16)11-14-4-2-3-5-17(14)20/h2-7,10,16H,8-9,11-13H2,1H3/t16-/m1/s1. The molecule has 1 aliphatic rings. The Labute approximate surface area is 162 Å². The number of nitrogens with zero attached hydrogens (tertiary/aromatic N) is 2. The molecule has 2 aromatic rings. The third kappa shape index (κ3) is 5.09. The summed E-state index contributed by atoms with van der Waals surface area (Å²) < 4.78 is 16.5. The smallest absolute Gasteiger partial charge is 0.314 e. The van der Waals surface area contributed by atoms with Crippen molar-refractivity contribution in [3.8, 4) is 11.5 Å². The van der Waals surface area contributed by atoms with Crippen molar-refractivity contribution in [2.24, 2.45) is 0 Å². The third-order valence-electron chi connectivity index (χ3n) is 4.36. The van der Waals surface area contributed by atoms with Crippen LogP contribution in [0, 0.1) is 10.1 Å². The first-order valence-corrected chi connectivity index (χ1v) is 8.97. The van der Waals surface area contributed by atoms with Crippen molar-refractivity contribution >= 4 is 17.3 Å². The lowest BCUT2D eigenvalue weighted by molar-refractivity contribution is -0.386. The lowest BCUT2D eigenvalue weighted by Gasteiger charge is -2.32. The first-order chi connectivity index (χ1) is 13.1. The molecule has 0 amide bonds. The average Bonchev–Trinajstić information content (AvgIpc) is 2.68. The number of benzene rings is 2. The van der Waals surface area contributed by atoms with E-state index in [-0.39, 0.29) is 24.1 Å². The summed E-state index contributed by atoms with van der Waals surface area (Å²) in [6.45, 7) is 2.98. The van der Waals surface area contributed by atoms with Crippen LogP contribution in [-0.2, 0) is 11.3 Å². The van der Waals surface area contributed by atoms with Crippen molar-refractivity contribution in [2.45, 2.75) is 12.6 Å². The highest BCUT2D eigenvalue weighted by atomic mass is 35.5. The van der Waals surface area contributed by atoms with Crippen LogP contribution in [0.1, 0.15) is 5.56 Å². The maximum atomic E-state index is 11.2. The number of nitro groups is 1. The van der Waals surface area contributed by atoms with Crippen molar-refractivity contribution in [3.05, 3.63) is 63.2 Å². The van der Waals surface area contributed by atoms with Gasteiger partial charge in [-0.15, -0.1) is 0 Å². The minimum atomic E-state index is -0.483. The lowest BCUT2D eigenvalue weighted by atomic mass is 10.2. The fourth-order valence-corrected chi connectivity index (χ4v) is 3.16. The van der Waals surface area contributed by atoms with E-state index in [0.717, 1.165) is 23.7 Å². The van der Waals surface area contributed by atoms with E-state index in [0.29, 0.717) is 18.9 Å². The summed E-state index contributed by atoms with van der Waals surface area (Å²) in [5, 5.41) is 12.0. The Kier molecular flexibility index (Phi) is 6.49. The molecule has 3 rings (SSSR count). The summed E-state index contributed by atoms with van der Waals surface area (Å²) >= 11 is 6.24. The largest absolute Gasteiger partial charge is 0.496 e. The molecular weight excluding hydrogens is 372 g/mol. The summed E-state index contributed by atoms with van der Waals surface area (Å²) in [6.07, 6.45) is -0.178. The van der Waals surface area contributed by atoms with Crippen LogP contribution in [0.4, 0.5) is 5.69 Å².